The molecule has 0 saturated carbocycles. The Morgan fingerprint density at radius 3 is 2.83 bits per heavy atom. The third kappa shape index (κ3) is 8.54. The monoisotopic (exact) mass is 324 g/mol. The van der Waals surface area contributed by atoms with Crippen LogP contribution in [0, 0.1) is 5.92 Å². The van der Waals surface area contributed by atoms with Crippen molar-refractivity contribution in [3.05, 3.63) is 12.2 Å². The van der Waals surface area contributed by atoms with E-state index in [9.17, 15) is 0 Å². The largest absolute Gasteiger partial charge is 0.380 e. The number of aliphatic imine (C=N–C) groups is 1. The van der Waals surface area contributed by atoms with Crippen LogP contribution >= 0.6 is 0 Å². The molecule has 0 bridgehead atoms. The molecule has 1 heterocycles. The normalized spacial score (nSPS) is 12.0. The average Bonchev–Trinajstić information content (AvgIpc) is 2.97. The summed E-state index contributed by atoms with van der Waals surface area (Å²) in [5.41, 5.74) is 0. The van der Waals surface area contributed by atoms with Crippen molar-refractivity contribution in [1.29, 1.82) is 0 Å². The van der Waals surface area contributed by atoms with Crippen LogP contribution in [-0.2, 0) is 17.7 Å². The average molecular weight is 324 g/mol. The van der Waals surface area contributed by atoms with Crippen molar-refractivity contribution < 1.29 is 4.74 Å². The zero-order chi connectivity index (χ0) is 16.9. The number of aromatic nitrogens is 3. The second-order valence-corrected chi connectivity index (χ2v) is 5.78. The van der Waals surface area contributed by atoms with Gasteiger partial charge in [0.2, 0.25) is 0 Å². The predicted molar refractivity (Wildman–Crippen MR) is 93.7 cm³/mol. The van der Waals surface area contributed by atoms with E-state index in [1.165, 1.54) is 0 Å². The Labute approximate surface area is 139 Å². The van der Waals surface area contributed by atoms with E-state index >= 15 is 0 Å². The molecule has 7 nitrogen and oxygen atoms in total. The van der Waals surface area contributed by atoms with E-state index in [0.29, 0.717) is 19.1 Å². The maximum atomic E-state index is 5.58. The zero-order valence-corrected chi connectivity index (χ0v) is 15.0. The van der Waals surface area contributed by atoms with Gasteiger partial charge in [-0.15, -0.1) is 10.2 Å². The Morgan fingerprint density at radius 2 is 2.13 bits per heavy atom. The van der Waals surface area contributed by atoms with Gasteiger partial charge in [-0.25, -0.2) is 0 Å². The summed E-state index contributed by atoms with van der Waals surface area (Å²) in [5.74, 6) is 2.52. The number of guanidine groups is 1. The Bertz CT molecular complexity index is 444. The molecule has 2 N–H and O–H groups in total. The van der Waals surface area contributed by atoms with Crippen molar-refractivity contribution in [2.45, 2.75) is 47.1 Å². The van der Waals surface area contributed by atoms with E-state index in [0.717, 1.165) is 50.9 Å². The van der Waals surface area contributed by atoms with Crippen LogP contribution in [0.3, 0.4) is 0 Å². The molecule has 7 heteroatoms. The lowest BCUT2D eigenvalue weighted by molar-refractivity contribution is 0.130. The van der Waals surface area contributed by atoms with Gasteiger partial charge in [-0.1, -0.05) is 20.8 Å². The van der Waals surface area contributed by atoms with Gasteiger partial charge in [0.25, 0.3) is 0 Å². The van der Waals surface area contributed by atoms with Gasteiger partial charge in [0.1, 0.15) is 12.2 Å². The molecule has 0 aliphatic rings. The van der Waals surface area contributed by atoms with E-state index in [4.69, 9.17) is 4.74 Å². The highest BCUT2D eigenvalue weighted by atomic mass is 16.5. The lowest BCUT2D eigenvalue weighted by atomic mass is 10.1. The lowest BCUT2D eigenvalue weighted by Crippen LogP contribution is -2.39. The molecule has 0 aromatic carbocycles. The summed E-state index contributed by atoms with van der Waals surface area (Å²) in [7, 11) is 0. The maximum absolute atomic E-state index is 5.58. The fourth-order valence-electron chi connectivity index (χ4n) is 2.02. The number of nitrogens with one attached hydrogen (secondary N) is 2. The van der Waals surface area contributed by atoms with Gasteiger partial charge in [-0.05, 0) is 19.3 Å². The second kappa shape index (κ2) is 11.9. The Morgan fingerprint density at radius 1 is 1.30 bits per heavy atom. The number of rotatable bonds is 11. The molecule has 0 aliphatic heterocycles. The third-order valence-corrected chi connectivity index (χ3v) is 3.35. The molecule has 0 saturated heterocycles. The summed E-state index contributed by atoms with van der Waals surface area (Å²) in [4.78, 5) is 4.52. The molecule has 0 atom stereocenters. The van der Waals surface area contributed by atoms with Crippen LogP contribution in [-0.4, -0.2) is 53.6 Å². The first-order valence-electron chi connectivity index (χ1n) is 8.63. The van der Waals surface area contributed by atoms with Gasteiger partial charge in [-0.3, -0.25) is 4.99 Å². The molecule has 1 aromatic heterocycles. The predicted octanol–water partition coefficient (Wildman–Crippen LogP) is 1.46. The Hall–Kier alpha value is -1.63. The second-order valence-electron chi connectivity index (χ2n) is 5.78. The molecular formula is C16H32N6O. The van der Waals surface area contributed by atoms with Crippen molar-refractivity contribution in [3.8, 4) is 0 Å². The Kier molecular flexibility index (Phi) is 10.0. The molecule has 0 radical (unpaired) electrons. The Balaban J connectivity index is 2.26. The first-order valence-corrected chi connectivity index (χ1v) is 8.63. The summed E-state index contributed by atoms with van der Waals surface area (Å²) in [6.45, 7) is 13.1. The van der Waals surface area contributed by atoms with E-state index in [-0.39, 0.29) is 0 Å². The van der Waals surface area contributed by atoms with Crippen LogP contribution < -0.4 is 10.6 Å². The quantitative estimate of drug-likeness (QED) is 0.366. The van der Waals surface area contributed by atoms with E-state index < -0.39 is 0 Å². The van der Waals surface area contributed by atoms with Crippen LogP contribution in [0.25, 0.3) is 0 Å². The van der Waals surface area contributed by atoms with Gasteiger partial charge < -0.3 is 19.9 Å². The fourth-order valence-corrected chi connectivity index (χ4v) is 2.02. The molecule has 0 amide bonds. The topological polar surface area (TPSA) is 76.4 Å². The van der Waals surface area contributed by atoms with Crippen molar-refractivity contribution in [1.82, 2.24) is 25.4 Å². The fraction of sp³-hybridized carbons (Fsp3) is 0.812. The molecule has 0 spiro atoms. The zero-order valence-electron chi connectivity index (χ0n) is 15.0. The maximum Gasteiger partial charge on any atom is 0.191 e. The van der Waals surface area contributed by atoms with Crippen molar-refractivity contribution in [2.75, 3.05) is 32.8 Å². The SMILES string of the molecule is CCNC(=NCCOCCC(C)C)NCCn1cnnc1CC. The molecular weight excluding hydrogens is 292 g/mol. The first kappa shape index (κ1) is 19.4. The summed E-state index contributed by atoms with van der Waals surface area (Å²) in [5, 5.41) is 14.6. The van der Waals surface area contributed by atoms with Gasteiger partial charge in [0.05, 0.1) is 13.2 Å². The smallest absolute Gasteiger partial charge is 0.191 e. The number of hydrogen-bond donors (Lipinski definition) is 2. The molecule has 0 aliphatic carbocycles. The van der Waals surface area contributed by atoms with Crippen LogP contribution in [0.1, 0.15) is 39.9 Å². The molecule has 0 fully saturated rings. The van der Waals surface area contributed by atoms with Crippen LogP contribution in [0.4, 0.5) is 0 Å². The lowest BCUT2D eigenvalue weighted by Gasteiger charge is -2.12. The van der Waals surface area contributed by atoms with E-state index in [1.54, 1.807) is 6.33 Å². The summed E-state index contributed by atoms with van der Waals surface area (Å²) in [6.07, 6.45) is 3.76. The minimum absolute atomic E-state index is 0.661. The van der Waals surface area contributed by atoms with Gasteiger partial charge in [-0.2, -0.15) is 0 Å². The molecule has 23 heavy (non-hydrogen) atoms. The number of ether oxygens (including phenoxy) is 1. The van der Waals surface area contributed by atoms with Gasteiger partial charge in [0, 0.05) is 32.7 Å². The van der Waals surface area contributed by atoms with Crippen molar-refractivity contribution in [3.63, 3.8) is 0 Å². The van der Waals surface area contributed by atoms with Gasteiger partial charge in [0.15, 0.2) is 5.96 Å². The molecule has 1 aromatic rings. The number of aryl methyl sites for hydroxylation is 1. The van der Waals surface area contributed by atoms with Gasteiger partial charge >= 0.3 is 0 Å². The summed E-state index contributed by atoms with van der Waals surface area (Å²) in [6, 6.07) is 0. The minimum atomic E-state index is 0.661. The standard InChI is InChI=1S/C16H32N6O/c1-5-15-21-20-13-22(15)10-8-18-16(17-6-2)19-9-12-23-11-7-14(3)4/h13-14H,5-12H2,1-4H3,(H2,17,18,19). The minimum Gasteiger partial charge on any atom is -0.380 e. The third-order valence-electron chi connectivity index (χ3n) is 3.35. The highest BCUT2D eigenvalue weighted by Crippen LogP contribution is 1.98. The molecule has 0 unspecified atom stereocenters. The van der Waals surface area contributed by atoms with Crippen molar-refractivity contribution in [2.24, 2.45) is 10.9 Å². The van der Waals surface area contributed by atoms with Crippen LogP contribution in [0.2, 0.25) is 0 Å². The highest BCUT2D eigenvalue weighted by molar-refractivity contribution is 5.79. The van der Waals surface area contributed by atoms with Crippen LogP contribution in [0.15, 0.2) is 11.3 Å². The number of nitrogens with zero attached hydrogens (tertiary/aromatic N) is 4. The molecule has 132 valence electrons. The van der Waals surface area contributed by atoms with Crippen molar-refractivity contribution >= 4 is 5.96 Å². The summed E-state index contributed by atoms with van der Waals surface area (Å²) < 4.78 is 7.64. The van der Waals surface area contributed by atoms with E-state index in [2.05, 4.69) is 58.1 Å². The molecule has 1 rings (SSSR count). The van der Waals surface area contributed by atoms with E-state index in [1.807, 2.05) is 0 Å². The first-order chi connectivity index (χ1) is 11.2. The number of hydrogen-bond acceptors (Lipinski definition) is 4. The van der Waals surface area contributed by atoms with Crippen LogP contribution in [0.5, 0.6) is 0 Å². The summed E-state index contributed by atoms with van der Waals surface area (Å²) >= 11 is 0. The highest BCUT2D eigenvalue weighted by Gasteiger charge is 2.02.